The zero-order valence-electron chi connectivity index (χ0n) is 12.1. The van der Waals surface area contributed by atoms with Crippen LogP contribution in [0.5, 0.6) is 0 Å². The van der Waals surface area contributed by atoms with E-state index < -0.39 is 0 Å². The first kappa shape index (κ1) is 15.5. The fourth-order valence-corrected chi connectivity index (χ4v) is 3.79. The molecule has 0 spiro atoms. The van der Waals surface area contributed by atoms with E-state index in [1.165, 1.54) is 15.7 Å². The Kier molecular flexibility index (Phi) is 3.96. The molecule has 0 fully saturated rings. The first-order valence-electron chi connectivity index (χ1n) is 7.03. The van der Waals surface area contributed by atoms with E-state index in [2.05, 4.69) is 26.1 Å². The van der Waals surface area contributed by atoms with E-state index in [0.29, 0.717) is 25.9 Å². The molecule has 7 heteroatoms. The summed E-state index contributed by atoms with van der Waals surface area (Å²) in [6, 6.07) is 15.0. The molecular weight excluding hydrogens is 410 g/mol. The van der Waals surface area contributed by atoms with Crippen LogP contribution in [0.4, 0.5) is 0 Å². The van der Waals surface area contributed by atoms with Crippen molar-refractivity contribution < 1.29 is 0 Å². The fourth-order valence-electron chi connectivity index (χ4n) is 2.39. The van der Waals surface area contributed by atoms with Crippen LogP contribution in [0.3, 0.4) is 0 Å². The average Bonchev–Trinajstić information content (AvgIpc) is 3.11. The number of hydrogen-bond donors (Lipinski definition) is 0. The quantitative estimate of drug-likeness (QED) is 0.498. The van der Waals surface area contributed by atoms with E-state index in [4.69, 9.17) is 11.6 Å². The number of halogens is 2. The molecule has 4 aromatic rings. The molecule has 0 saturated heterocycles. The van der Waals surface area contributed by atoms with E-state index in [-0.39, 0.29) is 5.56 Å². The Hall–Kier alpha value is -2.02. The van der Waals surface area contributed by atoms with Crippen molar-refractivity contribution in [3.05, 3.63) is 78.5 Å². The van der Waals surface area contributed by atoms with Gasteiger partial charge in [-0.25, -0.2) is 4.40 Å². The lowest BCUT2D eigenvalue weighted by Crippen LogP contribution is -2.23. The Morgan fingerprint density at radius 3 is 2.58 bits per heavy atom. The van der Waals surface area contributed by atoms with Crippen LogP contribution in [-0.4, -0.2) is 14.6 Å². The monoisotopic (exact) mass is 417 g/mol. The van der Waals surface area contributed by atoms with Crippen LogP contribution in [0.25, 0.3) is 22.4 Å². The van der Waals surface area contributed by atoms with Crippen LogP contribution in [0.1, 0.15) is 5.56 Å². The van der Waals surface area contributed by atoms with Crippen molar-refractivity contribution >= 4 is 49.9 Å². The van der Waals surface area contributed by atoms with E-state index in [9.17, 15) is 4.79 Å². The Morgan fingerprint density at radius 1 is 1.08 bits per heavy atom. The molecule has 0 aliphatic carbocycles. The molecule has 0 atom stereocenters. The molecule has 4 rings (SSSR count). The molecule has 2 aromatic heterocycles. The molecule has 0 aliphatic rings. The van der Waals surface area contributed by atoms with Crippen molar-refractivity contribution in [2.24, 2.45) is 0 Å². The summed E-state index contributed by atoms with van der Waals surface area (Å²) in [4.78, 5) is 13.3. The molecule has 0 aliphatic heterocycles. The van der Waals surface area contributed by atoms with Gasteiger partial charge in [-0.15, -0.1) is 10.2 Å². The molecular formula is C17H9BrClN3OS. The molecule has 0 unspecified atom stereocenters. The zero-order chi connectivity index (χ0) is 16.7. The topological polar surface area (TPSA) is 47.3 Å². The lowest BCUT2D eigenvalue weighted by molar-refractivity contribution is 1.09. The lowest BCUT2D eigenvalue weighted by atomic mass is 10.2. The molecule has 0 saturated carbocycles. The molecule has 2 heterocycles. The van der Waals surface area contributed by atoms with Crippen LogP contribution in [0.15, 0.2) is 57.8 Å². The third kappa shape index (κ3) is 2.66. The van der Waals surface area contributed by atoms with Gasteiger partial charge in [-0.3, -0.25) is 4.79 Å². The summed E-state index contributed by atoms with van der Waals surface area (Å²) >= 11 is 10.9. The van der Waals surface area contributed by atoms with Crippen molar-refractivity contribution in [1.82, 2.24) is 14.6 Å². The van der Waals surface area contributed by atoms with Crippen molar-refractivity contribution in [1.29, 1.82) is 0 Å². The maximum Gasteiger partial charge on any atom is 0.276 e. The second-order valence-electron chi connectivity index (χ2n) is 5.09. The van der Waals surface area contributed by atoms with Gasteiger partial charge in [-0.1, -0.05) is 63.1 Å². The summed E-state index contributed by atoms with van der Waals surface area (Å²) in [7, 11) is 0. The number of benzene rings is 2. The van der Waals surface area contributed by atoms with Crippen LogP contribution in [0, 0.1) is 0 Å². The van der Waals surface area contributed by atoms with Crippen molar-refractivity contribution in [2.45, 2.75) is 0 Å². The summed E-state index contributed by atoms with van der Waals surface area (Å²) in [5.74, 6) is 0.465. The highest BCUT2D eigenvalue weighted by molar-refractivity contribution is 9.10. The lowest BCUT2D eigenvalue weighted by Gasteiger charge is -1.99. The predicted molar refractivity (Wildman–Crippen MR) is 101 cm³/mol. The van der Waals surface area contributed by atoms with Crippen LogP contribution in [0.2, 0.25) is 5.02 Å². The minimum Gasteiger partial charge on any atom is -0.267 e. The van der Waals surface area contributed by atoms with Gasteiger partial charge in [0, 0.05) is 10.0 Å². The zero-order valence-corrected chi connectivity index (χ0v) is 15.3. The summed E-state index contributed by atoms with van der Waals surface area (Å²) in [6.07, 6.45) is 1.85. The Bertz CT molecular complexity index is 1150. The van der Waals surface area contributed by atoms with E-state index in [0.717, 1.165) is 10.0 Å². The first-order valence-corrected chi connectivity index (χ1v) is 9.02. The van der Waals surface area contributed by atoms with E-state index in [1.54, 1.807) is 6.07 Å². The van der Waals surface area contributed by atoms with E-state index in [1.807, 2.05) is 48.5 Å². The number of rotatable bonds is 2. The second-order valence-corrected chi connectivity index (χ2v) is 7.42. The van der Waals surface area contributed by atoms with Gasteiger partial charge in [0.25, 0.3) is 5.56 Å². The van der Waals surface area contributed by atoms with Crippen LogP contribution in [-0.2, 0) is 0 Å². The molecule has 4 nitrogen and oxygen atoms in total. The molecule has 2 aromatic carbocycles. The fraction of sp³-hybridized carbons (Fsp3) is 0. The van der Waals surface area contributed by atoms with Crippen LogP contribution < -0.4 is 10.1 Å². The van der Waals surface area contributed by atoms with Gasteiger partial charge in [0.15, 0.2) is 5.82 Å². The third-order valence-corrected chi connectivity index (χ3v) is 5.35. The predicted octanol–water partition coefficient (Wildman–Crippen LogP) is 3.78. The Morgan fingerprint density at radius 2 is 1.83 bits per heavy atom. The largest absolute Gasteiger partial charge is 0.276 e. The minimum atomic E-state index is -0.141. The molecule has 0 radical (unpaired) electrons. The minimum absolute atomic E-state index is 0.141. The van der Waals surface area contributed by atoms with Gasteiger partial charge in [0.1, 0.15) is 0 Å². The highest BCUT2D eigenvalue weighted by Crippen LogP contribution is 2.25. The van der Waals surface area contributed by atoms with Gasteiger partial charge >= 0.3 is 0 Å². The normalized spacial score (nSPS) is 12.2. The number of aromatic nitrogens is 3. The summed E-state index contributed by atoms with van der Waals surface area (Å²) < 4.78 is 3.11. The number of hydrogen-bond acceptors (Lipinski definition) is 4. The second kappa shape index (κ2) is 6.12. The van der Waals surface area contributed by atoms with Crippen LogP contribution >= 0.6 is 38.9 Å². The SMILES string of the molecule is O=c1/c(=C/c2ccc(Br)cc2)sc2nnc(-c3ccccc3Cl)n12. The van der Waals surface area contributed by atoms with Gasteiger partial charge in [0.05, 0.1) is 9.55 Å². The third-order valence-electron chi connectivity index (χ3n) is 3.53. The highest BCUT2D eigenvalue weighted by Gasteiger charge is 2.15. The standard InChI is InChI=1S/C17H9BrClN3OS/c18-11-7-5-10(6-8-11)9-14-16(23)22-15(20-21-17(22)24-14)12-3-1-2-4-13(12)19/h1-9H/b14-9-. The van der Waals surface area contributed by atoms with Gasteiger partial charge in [0.2, 0.25) is 4.96 Å². The Balaban J connectivity index is 1.93. The summed E-state index contributed by atoms with van der Waals surface area (Å²) in [5.41, 5.74) is 1.50. The molecule has 0 amide bonds. The van der Waals surface area contributed by atoms with Crippen molar-refractivity contribution in [3.63, 3.8) is 0 Å². The molecule has 0 bridgehead atoms. The maximum atomic E-state index is 12.8. The summed E-state index contributed by atoms with van der Waals surface area (Å²) in [5, 5.41) is 8.78. The maximum absolute atomic E-state index is 12.8. The van der Waals surface area contributed by atoms with Gasteiger partial charge in [-0.05, 0) is 35.9 Å². The number of nitrogens with zero attached hydrogens (tertiary/aromatic N) is 3. The molecule has 118 valence electrons. The smallest absolute Gasteiger partial charge is 0.267 e. The van der Waals surface area contributed by atoms with Gasteiger partial charge in [-0.2, -0.15) is 0 Å². The Labute approximate surface area is 154 Å². The molecule has 0 N–H and O–H groups in total. The summed E-state index contributed by atoms with van der Waals surface area (Å²) in [6.45, 7) is 0. The number of fused-ring (bicyclic) bond motifs is 1. The van der Waals surface area contributed by atoms with E-state index >= 15 is 0 Å². The number of thiazole rings is 1. The van der Waals surface area contributed by atoms with Crippen molar-refractivity contribution in [2.75, 3.05) is 0 Å². The van der Waals surface area contributed by atoms with Gasteiger partial charge < -0.3 is 0 Å². The highest BCUT2D eigenvalue weighted by atomic mass is 79.9. The molecule has 24 heavy (non-hydrogen) atoms. The van der Waals surface area contributed by atoms with Crippen molar-refractivity contribution in [3.8, 4) is 11.4 Å². The average molecular weight is 419 g/mol. The first-order chi connectivity index (χ1) is 11.6.